The zero-order valence-electron chi connectivity index (χ0n) is 3.34. The number of aliphatic carboxylic acids is 1. The van der Waals surface area contributed by atoms with Gasteiger partial charge < -0.3 is 9.90 Å². The van der Waals surface area contributed by atoms with Crippen molar-refractivity contribution in [1.29, 1.82) is 0 Å². The van der Waals surface area contributed by atoms with Crippen molar-refractivity contribution >= 4 is 5.97 Å². The van der Waals surface area contributed by atoms with Crippen LogP contribution in [0.5, 0.6) is 0 Å². The van der Waals surface area contributed by atoms with E-state index in [1.165, 1.54) is 6.92 Å². The summed E-state index contributed by atoms with van der Waals surface area (Å²) in [4.78, 5) is 9.26. The van der Waals surface area contributed by atoms with Gasteiger partial charge in [0, 0.05) is 5.97 Å². The number of hydrogen-bond acceptors (Lipinski definition) is 2. The quantitative estimate of drug-likeness (QED) is 0.435. The van der Waals surface area contributed by atoms with Crippen molar-refractivity contribution in [3.63, 3.8) is 0 Å². The second-order valence-electron chi connectivity index (χ2n) is 0.726. The average molecular weight is 132 g/mol. The maximum absolute atomic E-state index is 9.26. The molecule has 0 fully saturated rings. The van der Waals surface area contributed by atoms with E-state index < -0.39 is 5.97 Å². The first-order valence-electron chi connectivity index (χ1n) is 1.47. The maximum atomic E-state index is 9.26. The van der Waals surface area contributed by atoms with E-state index in [1.54, 1.807) is 0 Å². The van der Waals surface area contributed by atoms with Crippen molar-refractivity contribution in [2.24, 2.45) is 0 Å². The molecule has 0 aromatic rings. The SMILES string of the molecule is CCC(=O)[O-].[Ni+2]. The zero-order chi connectivity index (χ0) is 4.28. The first-order valence-corrected chi connectivity index (χ1v) is 1.47. The summed E-state index contributed by atoms with van der Waals surface area (Å²) >= 11 is 0. The fourth-order valence-corrected chi connectivity index (χ4v) is 0. The Morgan fingerprint density at radius 3 is 2.00 bits per heavy atom. The van der Waals surface area contributed by atoms with Gasteiger partial charge in [0.05, 0.1) is 0 Å². The molecule has 0 amide bonds. The Morgan fingerprint density at radius 1 is 1.83 bits per heavy atom. The van der Waals surface area contributed by atoms with Gasteiger partial charge in [0.15, 0.2) is 0 Å². The van der Waals surface area contributed by atoms with E-state index in [2.05, 4.69) is 0 Å². The topological polar surface area (TPSA) is 40.1 Å². The van der Waals surface area contributed by atoms with Crippen LogP contribution in [0, 0.1) is 0 Å². The molecule has 0 aliphatic heterocycles. The second-order valence-corrected chi connectivity index (χ2v) is 0.726. The molecule has 38 valence electrons. The fraction of sp³-hybridized carbons (Fsp3) is 0.667. The Labute approximate surface area is 46.5 Å². The van der Waals surface area contributed by atoms with Crippen LogP contribution in [0.3, 0.4) is 0 Å². The monoisotopic (exact) mass is 131 g/mol. The van der Waals surface area contributed by atoms with Crippen LogP contribution in [0.15, 0.2) is 0 Å². The molecule has 0 rings (SSSR count). The fourth-order valence-electron chi connectivity index (χ4n) is 0. The van der Waals surface area contributed by atoms with Crippen LogP contribution in [0.25, 0.3) is 0 Å². The molecule has 0 bridgehead atoms. The average Bonchev–Trinajstić information content (AvgIpc) is 1.38. The number of carboxylic acid groups (broad SMARTS) is 1. The largest absolute Gasteiger partial charge is 2.00 e. The number of hydrogen-bond donors (Lipinski definition) is 0. The van der Waals surface area contributed by atoms with Crippen LogP contribution >= 0.6 is 0 Å². The predicted octanol–water partition coefficient (Wildman–Crippen LogP) is -0.856. The van der Waals surface area contributed by atoms with E-state index in [1.807, 2.05) is 0 Å². The van der Waals surface area contributed by atoms with E-state index in [0.29, 0.717) is 0 Å². The minimum atomic E-state index is -0.995. The van der Waals surface area contributed by atoms with E-state index >= 15 is 0 Å². The van der Waals surface area contributed by atoms with Gasteiger partial charge in [-0.3, -0.25) is 0 Å². The number of rotatable bonds is 1. The molecule has 0 unspecified atom stereocenters. The zero-order valence-corrected chi connectivity index (χ0v) is 4.33. The molecule has 0 spiro atoms. The van der Waals surface area contributed by atoms with Gasteiger partial charge in [-0.25, -0.2) is 0 Å². The molecule has 0 aliphatic carbocycles. The summed E-state index contributed by atoms with van der Waals surface area (Å²) in [6, 6.07) is 0. The van der Waals surface area contributed by atoms with Crippen molar-refractivity contribution in [2.75, 3.05) is 0 Å². The van der Waals surface area contributed by atoms with Gasteiger partial charge in [0.2, 0.25) is 0 Å². The molecule has 6 heavy (non-hydrogen) atoms. The molecule has 0 aromatic heterocycles. The number of carbonyl (C=O) groups excluding carboxylic acids is 1. The van der Waals surface area contributed by atoms with Gasteiger partial charge in [-0.15, -0.1) is 0 Å². The molecule has 0 saturated carbocycles. The molecule has 0 atom stereocenters. The first-order chi connectivity index (χ1) is 2.27. The third-order valence-electron chi connectivity index (χ3n) is 0.289. The van der Waals surface area contributed by atoms with Crippen LogP contribution in [0.2, 0.25) is 0 Å². The van der Waals surface area contributed by atoms with E-state index in [9.17, 15) is 9.90 Å². The third kappa shape index (κ3) is 9.03. The summed E-state index contributed by atoms with van der Waals surface area (Å²) in [5, 5.41) is 9.26. The van der Waals surface area contributed by atoms with Crippen molar-refractivity contribution in [2.45, 2.75) is 13.3 Å². The Bertz CT molecular complexity index is 44.1. The minimum absolute atomic E-state index is 0. The van der Waals surface area contributed by atoms with Gasteiger partial charge in [0.25, 0.3) is 0 Å². The molecule has 0 aliphatic rings. The van der Waals surface area contributed by atoms with Gasteiger partial charge >= 0.3 is 16.5 Å². The van der Waals surface area contributed by atoms with E-state index in [4.69, 9.17) is 0 Å². The summed E-state index contributed by atoms with van der Waals surface area (Å²) in [7, 11) is 0. The smallest absolute Gasteiger partial charge is 0.550 e. The maximum Gasteiger partial charge on any atom is 2.00 e. The van der Waals surface area contributed by atoms with Crippen LogP contribution in [-0.2, 0) is 21.3 Å². The van der Waals surface area contributed by atoms with Gasteiger partial charge in [-0.1, -0.05) is 6.92 Å². The summed E-state index contributed by atoms with van der Waals surface area (Å²) in [6.07, 6.45) is 0.111. The van der Waals surface area contributed by atoms with Crippen LogP contribution in [-0.4, -0.2) is 5.97 Å². The predicted molar refractivity (Wildman–Crippen MR) is 15.3 cm³/mol. The molecule has 2 nitrogen and oxygen atoms in total. The van der Waals surface area contributed by atoms with Gasteiger partial charge in [-0.05, 0) is 6.42 Å². The Hall–Kier alpha value is -0.0365. The molecular weight excluding hydrogens is 127 g/mol. The first kappa shape index (κ1) is 9.35. The van der Waals surface area contributed by atoms with Crippen molar-refractivity contribution in [3.05, 3.63) is 0 Å². The number of carbonyl (C=O) groups is 1. The van der Waals surface area contributed by atoms with Crippen LogP contribution in [0.1, 0.15) is 13.3 Å². The van der Waals surface area contributed by atoms with Crippen molar-refractivity contribution in [1.82, 2.24) is 0 Å². The molecule has 0 heterocycles. The summed E-state index contributed by atoms with van der Waals surface area (Å²) in [5.41, 5.74) is 0. The Kier molecular flexibility index (Phi) is 7.74. The van der Waals surface area contributed by atoms with Crippen LogP contribution < -0.4 is 5.11 Å². The van der Waals surface area contributed by atoms with Gasteiger partial charge in [-0.2, -0.15) is 0 Å². The summed E-state index contributed by atoms with van der Waals surface area (Å²) in [6.45, 7) is 1.54. The Balaban J connectivity index is 0. The van der Waals surface area contributed by atoms with Crippen molar-refractivity contribution in [3.8, 4) is 0 Å². The molecule has 0 radical (unpaired) electrons. The van der Waals surface area contributed by atoms with Crippen molar-refractivity contribution < 1.29 is 26.4 Å². The molecule has 0 N–H and O–H groups in total. The normalized spacial score (nSPS) is 6.17. The molecular formula is C3H5NiO2+. The van der Waals surface area contributed by atoms with Crippen LogP contribution in [0.4, 0.5) is 0 Å². The second kappa shape index (κ2) is 4.96. The summed E-state index contributed by atoms with van der Waals surface area (Å²) in [5.74, 6) is -0.995. The molecule has 0 saturated heterocycles. The Morgan fingerprint density at radius 2 is 2.00 bits per heavy atom. The van der Waals surface area contributed by atoms with E-state index in [-0.39, 0.29) is 22.9 Å². The molecule has 3 heteroatoms. The molecule has 0 aromatic carbocycles. The minimum Gasteiger partial charge on any atom is -0.550 e. The third-order valence-corrected chi connectivity index (χ3v) is 0.289. The summed E-state index contributed by atoms with van der Waals surface area (Å²) < 4.78 is 0. The number of carboxylic acids is 1. The van der Waals surface area contributed by atoms with E-state index in [0.717, 1.165) is 0 Å². The van der Waals surface area contributed by atoms with Gasteiger partial charge in [0.1, 0.15) is 0 Å². The standard InChI is InChI=1S/C3H6O2.Ni/c1-2-3(4)5;/h2H2,1H3,(H,4,5);/q;+2/p-1.